The highest BCUT2D eigenvalue weighted by atomic mass is 35.5. The van der Waals surface area contributed by atoms with Crippen molar-refractivity contribution in [2.24, 2.45) is 0 Å². The molecule has 1 saturated carbocycles. The summed E-state index contributed by atoms with van der Waals surface area (Å²) in [5.41, 5.74) is 0.373. The lowest BCUT2D eigenvalue weighted by atomic mass is 10.0. The number of nitro benzene ring substituents is 1. The zero-order valence-electron chi connectivity index (χ0n) is 11.4. The molecule has 1 N–H and O–H groups in total. The fourth-order valence-electron chi connectivity index (χ4n) is 2.63. The molecule has 0 radical (unpaired) electrons. The van der Waals surface area contributed by atoms with Crippen molar-refractivity contribution in [2.75, 3.05) is 11.4 Å². The summed E-state index contributed by atoms with van der Waals surface area (Å²) in [4.78, 5) is 24.6. The molecule has 1 unspecified atom stereocenters. The van der Waals surface area contributed by atoms with Crippen molar-refractivity contribution in [3.8, 4) is 0 Å². The molecular weight excluding hydrogens is 294 g/mol. The predicted molar refractivity (Wildman–Crippen MR) is 79.6 cm³/mol. The van der Waals surface area contributed by atoms with Gasteiger partial charge in [-0.15, -0.1) is 0 Å². The van der Waals surface area contributed by atoms with E-state index in [0.29, 0.717) is 18.3 Å². The van der Waals surface area contributed by atoms with E-state index >= 15 is 0 Å². The molecular formula is C14H16ClN3O3. The van der Waals surface area contributed by atoms with Gasteiger partial charge in [0.15, 0.2) is 0 Å². The lowest BCUT2D eigenvalue weighted by Crippen LogP contribution is -2.51. The van der Waals surface area contributed by atoms with E-state index < -0.39 is 4.92 Å². The van der Waals surface area contributed by atoms with Crippen molar-refractivity contribution in [3.63, 3.8) is 0 Å². The second-order valence-electron chi connectivity index (χ2n) is 5.52. The normalized spacial score (nSPS) is 22.4. The summed E-state index contributed by atoms with van der Waals surface area (Å²) < 4.78 is 0. The number of hydrogen-bond acceptors (Lipinski definition) is 4. The molecule has 3 rings (SSSR count). The number of piperidine rings is 1. The Balaban J connectivity index is 1.83. The molecule has 7 heteroatoms. The first-order valence-corrected chi connectivity index (χ1v) is 7.45. The second-order valence-corrected chi connectivity index (χ2v) is 5.93. The van der Waals surface area contributed by atoms with Gasteiger partial charge in [-0.2, -0.15) is 0 Å². The maximum atomic E-state index is 12.5. The minimum atomic E-state index is -0.528. The highest BCUT2D eigenvalue weighted by molar-refractivity contribution is 6.32. The first kappa shape index (κ1) is 14.3. The van der Waals surface area contributed by atoms with Crippen LogP contribution in [0, 0.1) is 10.1 Å². The molecule has 1 aliphatic carbocycles. The minimum absolute atomic E-state index is 0.00947. The van der Waals surface area contributed by atoms with Crippen LogP contribution in [0.1, 0.15) is 25.7 Å². The molecule has 1 amide bonds. The molecule has 1 heterocycles. The standard InChI is InChI=1S/C14H16ClN3O3/c15-11-6-5-10(8-13(11)18(20)21)17-7-1-2-12(14(17)19)16-9-3-4-9/h5-6,8-9,12,16H,1-4,7H2. The number of nitrogens with one attached hydrogen (secondary N) is 1. The van der Waals surface area contributed by atoms with Crippen molar-refractivity contribution < 1.29 is 9.72 Å². The number of nitro groups is 1. The van der Waals surface area contributed by atoms with E-state index in [1.165, 1.54) is 12.1 Å². The van der Waals surface area contributed by atoms with Crippen molar-refractivity contribution in [1.29, 1.82) is 0 Å². The Bertz CT molecular complexity index is 589. The summed E-state index contributed by atoms with van der Waals surface area (Å²) in [5.74, 6) is -0.00947. The topological polar surface area (TPSA) is 75.5 Å². The number of hydrogen-bond donors (Lipinski definition) is 1. The molecule has 0 spiro atoms. The summed E-state index contributed by atoms with van der Waals surface area (Å²) in [7, 11) is 0. The third kappa shape index (κ3) is 3.01. The van der Waals surface area contributed by atoms with Crippen LogP contribution in [0.2, 0.25) is 5.02 Å². The van der Waals surface area contributed by atoms with E-state index in [1.54, 1.807) is 11.0 Å². The third-order valence-electron chi connectivity index (χ3n) is 3.89. The molecule has 0 bridgehead atoms. The SMILES string of the molecule is O=C1C(NC2CC2)CCCN1c1ccc(Cl)c([N+](=O)[O-])c1. The molecule has 6 nitrogen and oxygen atoms in total. The van der Waals surface area contributed by atoms with Crippen LogP contribution in [0.5, 0.6) is 0 Å². The first-order valence-electron chi connectivity index (χ1n) is 7.07. The first-order chi connectivity index (χ1) is 10.1. The number of benzene rings is 1. The van der Waals surface area contributed by atoms with E-state index in [9.17, 15) is 14.9 Å². The van der Waals surface area contributed by atoms with Crippen LogP contribution in [0.3, 0.4) is 0 Å². The van der Waals surface area contributed by atoms with Crippen molar-refractivity contribution >= 4 is 28.9 Å². The van der Waals surface area contributed by atoms with E-state index in [-0.39, 0.29) is 22.7 Å². The number of carbonyl (C=O) groups is 1. The van der Waals surface area contributed by atoms with Gasteiger partial charge >= 0.3 is 0 Å². The molecule has 21 heavy (non-hydrogen) atoms. The lowest BCUT2D eigenvalue weighted by Gasteiger charge is -2.32. The van der Waals surface area contributed by atoms with Crippen LogP contribution in [-0.2, 0) is 4.79 Å². The second kappa shape index (κ2) is 5.61. The van der Waals surface area contributed by atoms with E-state index in [4.69, 9.17) is 11.6 Å². The number of rotatable bonds is 4. The van der Waals surface area contributed by atoms with Gasteiger partial charge < -0.3 is 10.2 Å². The number of carbonyl (C=O) groups excluding carboxylic acids is 1. The highest BCUT2D eigenvalue weighted by Crippen LogP contribution is 2.31. The fourth-order valence-corrected chi connectivity index (χ4v) is 2.82. The summed E-state index contributed by atoms with van der Waals surface area (Å²) in [6.45, 7) is 0.584. The molecule has 1 aromatic rings. The molecule has 2 fully saturated rings. The zero-order chi connectivity index (χ0) is 15.0. The van der Waals surface area contributed by atoms with Gasteiger partial charge in [0.05, 0.1) is 16.7 Å². The molecule has 1 aliphatic heterocycles. The Morgan fingerprint density at radius 1 is 1.33 bits per heavy atom. The molecule has 1 aromatic carbocycles. The average molecular weight is 310 g/mol. The highest BCUT2D eigenvalue weighted by Gasteiger charge is 2.34. The largest absolute Gasteiger partial charge is 0.311 e. The van der Waals surface area contributed by atoms with Gasteiger partial charge in [0.1, 0.15) is 5.02 Å². The van der Waals surface area contributed by atoms with Gasteiger partial charge in [0.2, 0.25) is 5.91 Å². The summed E-state index contributed by atoms with van der Waals surface area (Å²) >= 11 is 5.81. The maximum Gasteiger partial charge on any atom is 0.289 e. The van der Waals surface area contributed by atoms with Crippen molar-refractivity contribution in [3.05, 3.63) is 33.3 Å². The van der Waals surface area contributed by atoms with Gasteiger partial charge in [-0.3, -0.25) is 14.9 Å². The van der Waals surface area contributed by atoms with Crippen LogP contribution in [-0.4, -0.2) is 29.5 Å². The number of halogens is 1. The maximum absolute atomic E-state index is 12.5. The fraction of sp³-hybridized carbons (Fsp3) is 0.500. The lowest BCUT2D eigenvalue weighted by molar-refractivity contribution is -0.384. The molecule has 1 saturated heterocycles. The van der Waals surface area contributed by atoms with Crippen LogP contribution in [0.15, 0.2) is 18.2 Å². The van der Waals surface area contributed by atoms with E-state index in [1.807, 2.05) is 0 Å². The van der Waals surface area contributed by atoms with Crippen LogP contribution in [0.25, 0.3) is 0 Å². The summed E-state index contributed by atoms with van der Waals surface area (Å²) in [5, 5.41) is 14.4. The zero-order valence-corrected chi connectivity index (χ0v) is 12.2. The number of nitrogens with zero attached hydrogens (tertiary/aromatic N) is 2. The van der Waals surface area contributed by atoms with Crippen LogP contribution < -0.4 is 10.2 Å². The smallest absolute Gasteiger partial charge is 0.289 e. The Labute approximate surface area is 127 Å². The van der Waals surface area contributed by atoms with Gasteiger partial charge in [-0.05, 0) is 37.8 Å². The monoisotopic (exact) mass is 309 g/mol. The van der Waals surface area contributed by atoms with E-state index in [0.717, 1.165) is 25.7 Å². The Kier molecular flexibility index (Phi) is 3.82. The molecule has 112 valence electrons. The summed E-state index contributed by atoms with van der Waals surface area (Å²) in [6.07, 6.45) is 3.94. The van der Waals surface area contributed by atoms with Crippen LogP contribution in [0.4, 0.5) is 11.4 Å². The Hall–Kier alpha value is -1.66. The predicted octanol–water partition coefficient (Wildman–Crippen LogP) is 2.50. The molecule has 1 atom stereocenters. The number of amides is 1. The Morgan fingerprint density at radius 2 is 2.10 bits per heavy atom. The summed E-state index contributed by atoms with van der Waals surface area (Å²) in [6, 6.07) is 4.78. The van der Waals surface area contributed by atoms with Gasteiger partial charge in [0.25, 0.3) is 5.69 Å². The van der Waals surface area contributed by atoms with Crippen LogP contribution >= 0.6 is 11.6 Å². The average Bonchev–Trinajstić information content (AvgIpc) is 3.26. The Morgan fingerprint density at radius 3 is 2.76 bits per heavy atom. The molecule has 0 aromatic heterocycles. The van der Waals surface area contributed by atoms with E-state index in [2.05, 4.69) is 5.32 Å². The van der Waals surface area contributed by atoms with Gasteiger partial charge in [0, 0.05) is 18.7 Å². The number of anilines is 1. The van der Waals surface area contributed by atoms with Crippen molar-refractivity contribution in [2.45, 2.75) is 37.8 Å². The third-order valence-corrected chi connectivity index (χ3v) is 4.21. The van der Waals surface area contributed by atoms with Gasteiger partial charge in [-0.1, -0.05) is 11.6 Å². The minimum Gasteiger partial charge on any atom is -0.311 e. The van der Waals surface area contributed by atoms with Gasteiger partial charge in [-0.25, -0.2) is 0 Å². The van der Waals surface area contributed by atoms with Crippen molar-refractivity contribution in [1.82, 2.24) is 5.32 Å². The molecule has 2 aliphatic rings. The quantitative estimate of drug-likeness (QED) is 0.685.